The van der Waals surface area contributed by atoms with Crippen molar-refractivity contribution in [1.29, 1.82) is 0 Å². The predicted octanol–water partition coefficient (Wildman–Crippen LogP) is 15.0. The quantitative estimate of drug-likeness (QED) is 0.0876. The smallest absolute Gasteiger partial charge is 0.138 e. The van der Waals surface area contributed by atoms with Gasteiger partial charge in [-0.3, -0.25) is 9.97 Å². The first kappa shape index (κ1) is 52.4. The Hall–Kier alpha value is -9.00. The van der Waals surface area contributed by atoms with Gasteiger partial charge in [-0.05, 0) is 171 Å². The molecule has 15 rings (SSSR count). The second kappa shape index (κ2) is 23.2. The van der Waals surface area contributed by atoms with E-state index < -0.39 is 0 Å². The Bertz CT molecular complexity index is 3970. The van der Waals surface area contributed by atoms with Crippen molar-refractivity contribution >= 4 is 71.5 Å². The molecule has 3 fully saturated rings. The van der Waals surface area contributed by atoms with Crippen molar-refractivity contribution in [1.82, 2.24) is 65.1 Å². The molecular weight excluding hydrogens is 1060 g/mol. The third-order valence-corrected chi connectivity index (χ3v) is 17.0. The minimum absolute atomic E-state index is 0.0490. The van der Waals surface area contributed by atoms with Gasteiger partial charge in [0, 0.05) is 58.7 Å². The van der Waals surface area contributed by atoms with Crippen LogP contribution in [-0.4, -0.2) is 65.1 Å². The van der Waals surface area contributed by atoms with Gasteiger partial charge in [0.1, 0.15) is 46.1 Å². The van der Waals surface area contributed by atoms with Crippen LogP contribution in [0.15, 0.2) is 164 Å². The van der Waals surface area contributed by atoms with Crippen LogP contribution in [0, 0.1) is 6.92 Å². The molecule has 16 nitrogen and oxygen atoms in total. The molecule has 408 valence electrons. The first-order valence-corrected chi connectivity index (χ1v) is 29.7. The molecule has 12 aromatic rings. The Labute approximate surface area is 483 Å². The van der Waals surface area contributed by atoms with Gasteiger partial charge in [-0.15, -0.1) is 27.8 Å². The monoisotopic (exact) mass is 1120 g/mol. The van der Waals surface area contributed by atoms with Crippen LogP contribution in [0.2, 0.25) is 0 Å². The molecule has 0 aliphatic heterocycles. The molecule has 0 bridgehead atoms. The van der Waals surface area contributed by atoms with E-state index in [0.29, 0.717) is 17.8 Å². The van der Waals surface area contributed by atoms with E-state index in [9.17, 15) is 0 Å². The summed E-state index contributed by atoms with van der Waals surface area (Å²) in [6.45, 7) is 8.44. The summed E-state index contributed by atoms with van der Waals surface area (Å²) in [7, 11) is 0. The molecule has 9 heterocycles. The van der Waals surface area contributed by atoms with E-state index in [4.69, 9.17) is 0 Å². The normalized spacial score (nSPS) is 15.0. The molecule has 3 aromatic carbocycles. The van der Waals surface area contributed by atoms with Crippen LogP contribution in [0.5, 0.6) is 0 Å². The van der Waals surface area contributed by atoms with Gasteiger partial charge in [0.15, 0.2) is 0 Å². The standard InChI is InChI=1S/C22H22N6.2C21H19N5S/c1-14-3-10-19-20(11-14)23-13-24-22(19)25-15(2)16-6-8-18(9-7-16)28-12-21(26-27-28)17-4-5-17;1-13(25-20-18-8-9-27-21(18)23-12-22-20)14-2-6-16(7-3-14)19-10-17(11-24-26-19)15-4-5-15;1-13(26-20-18-6-7-27-21(18)25-12-24-20)19-5-4-15(11-23-19)17-8-16(9-22-10-17)14-2-3-14/h3,6-13,15,17H,4-5H2,1-2H3,(H,23,24,25);2-3,6-13,15H,4-5H2,1H3,(H,22,23,25);4-14H,2-3H2,1H3,(H,24,25,26). The highest BCUT2D eigenvalue weighted by molar-refractivity contribution is 7.17. The summed E-state index contributed by atoms with van der Waals surface area (Å²) in [4.78, 5) is 37.3. The van der Waals surface area contributed by atoms with Crippen LogP contribution < -0.4 is 16.0 Å². The Morgan fingerprint density at radius 2 is 1.10 bits per heavy atom. The van der Waals surface area contributed by atoms with Crippen molar-refractivity contribution in [2.24, 2.45) is 0 Å². The second-order valence-electron chi connectivity index (χ2n) is 21.5. The van der Waals surface area contributed by atoms with Crippen LogP contribution in [0.3, 0.4) is 0 Å². The van der Waals surface area contributed by atoms with Crippen molar-refractivity contribution in [2.75, 3.05) is 16.0 Å². The van der Waals surface area contributed by atoms with E-state index in [0.717, 1.165) is 88.2 Å². The average Bonchev–Trinajstić information content (AvgIpc) is 4.54. The van der Waals surface area contributed by atoms with E-state index >= 15 is 0 Å². The lowest BCUT2D eigenvalue weighted by atomic mass is 10.0. The van der Waals surface area contributed by atoms with Gasteiger partial charge in [0.2, 0.25) is 0 Å². The topological polar surface area (TPSA) is 196 Å². The number of hydrogen-bond donors (Lipinski definition) is 3. The number of hydrogen-bond acceptors (Lipinski definition) is 17. The van der Waals surface area contributed by atoms with Gasteiger partial charge in [-0.2, -0.15) is 10.2 Å². The van der Waals surface area contributed by atoms with Gasteiger partial charge in [0.25, 0.3) is 0 Å². The number of aromatic nitrogens is 13. The number of rotatable bonds is 15. The number of benzene rings is 3. The molecule has 3 atom stereocenters. The summed E-state index contributed by atoms with van der Waals surface area (Å²) >= 11 is 3.25. The molecule has 9 aromatic heterocycles. The average molecular weight is 1120 g/mol. The summed E-state index contributed by atoms with van der Waals surface area (Å²) in [6, 6.07) is 36.2. The molecule has 3 aliphatic carbocycles. The number of anilines is 3. The number of nitrogens with one attached hydrogen (secondary N) is 3. The highest BCUT2D eigenvalue weighted by Gasteiger charge is 2.27. The number of fused-ring (bicyclic) bond motifs is 3. The van der Waals surface area contributed by atoms with E-state index in [2.05, 4.69) is 201 Å². The zero-order valence-corrected chi connectivity index (χ0v) is 47.6. The van der Waals surface area contributed by atoms with Crippen LogP contribution in [0.4, 0.5) is 17.5 Å². The maximum atomic E-state index is 4.68. The van der Waals surface area contributed by atoms with Gasteiger partial charge >= 0.3 is 0 Å². The minimum Gasteiger partial charge on any atom is -0.363 e. The van der Waals surface area contributed by atoms with Gasteiger partial charge in [-0.25, -0.2) is 34.6 Å². The summed E-state index contributed by atoms with van der Waals surface area (Å²) < 4.78 is 1.86. The highest BCUT2D eigenvalue weighted by atomic mass is 32.1. The van der Waals surface area contributed by atoms with Crippen molar-refractivity contribution in [3.63, 3.8) is 0 Å². The van der Waals surface area contributed by atoms with Crippen molar-refractivity contribution in [3.05, 3.63) is 203 Å². The Kier molecular flexibility index (Phi) is 14.8. The third kappa shape index (κ3) is 12.0. The van der Waals surface area contributed by atoms with E-state index in [-0.39, 0.29) is 18.1 Å². The third-order valence-electron chi connectivity index (χ3n) is 15.3. The summed E-state index contributed by atoms with van der Waals surface area (Å²) in [6.07, 6.45) is 22.2. The fraction of sp³-hybridized carbons (Fsp3) is 0.250. The Morgan fingerprint density at radius 1 is 0.500 bits per heavy atom. The van der Waals surface area contributed by atoms with Crippen LogP contribution in [0.1, 0.15) is 134 Å². The SMILES string of the molecule is CC(Nc1ncnc2sccc12)c1ccc(-c2cc(C3CC3)cnn2)cc1.CC(Nc1ncnc2sccc12)c1ccc(-c2cncc(C3CC3)c2)cn1.Cc1ccc2c(NC(C)c3ccc(-n4cc(C5CC5)nn4)cc3)ncnc2c1. The first-order chi connectivity index (χ1) is 40.2. The summed E-state index contributed by atoms with van der Waals surface area (Å²) in [5.41, 5.74) is 14.6. The molecule has 82 heavy (non-hydrogen) atoms. The molecule has 3 unspecified atom stereocenters. The van der Waals surface area contributed by atoms with Crippen molar-refractivity contribution in [3.8, 4) is 28.1 Å². The zero-order chi connectivity index (χ0) is 55.5. The van der Waals surface area contributed by atoms with E-state index in [1.807, 2.05) is 52.5 Å². The molecule has 0 radical (unpaired) electrons. The molecule has 0 saturated heterocycles. The fourth-order valence-electron chi connectivity index (χ4n) is 10.0. The molecule has 3 N–H and O–H groups in total. The van der Waals surface area contributed by atoms with Gasteiger partial charge in [0.05, 0.1) is 57.5 Å². The van der Waals surface area contributed by atoms with Crippen molar-refractivity contribution in [2.45, 2.75) is 102 Å². The molecule has 18 heteroatoms. The van der Waals surface area contributed by atoms with E-state index in [1.54, 1.807) is 41.7 Å². The number of nitrogens with zero attached hydrogens (tertiary/aromatic N) is 13. The molecular formula is C64H60N16S2. The number of thiophene rings is 2. The molecule has 3 saturated carbocycles. The first-order valence-electron chi connectivity index (χ1n) is 28.0. The van der Waals surface area contributed by atoms with Crippen molar-refractivity contribution < 1.29 is 0 Å². The maximum absolute atomic E-state index is 4.68. The molecule has 0 amide bonds. The van der Waals surface area contributed by atoms with E-state index in [1.165, 1.54) is 66.3 Å². The minimum atomic E-state index is 0.0490. The highest BCUT2D eigenvalue weighted by Crippen LogP contribution is 2.42. The molecule has 3 aliphatic rings. The zero-order valence-electron chi connectivity index (χ0n) is 45.9. The van der Waals surface area contributed by atoms with Crippen LogP contribution in [-0.2, 0) is 0 Å². The largest absolute Gasteiger partial charge is 0.363 e. The lowest BCUT2D eigenvalue weighted by Crippen LogP contribution is -2.09. The lowest BCUT2D eigenvalue weighted by Gasteiger charge is -2.16. The number of aryl methyl sites for hydroxylation is 1. The Morgan fingerprint density at radius 3 is 1.73 bits per heavy atom. The predicted molar refractivity (Wildman–Crippen MR) is 327 cm³/mol. The summed E-state index contributed by atoms with van der Waals surface area (Å²) in [5.74, 6) is 4.58. The van der Waals surface area contributed by atoms with Crippen LogP contribution >= 0.6 is 22.7 Å². The van der Waals surface area contributed by atoms with Gasteiger partial charge in [-0.1, -0.05) is 53.7 Å². The second-order valence-corrected chi connectivity index (χ2v) is 23.3. The maximum Gasteiger partial charge on any atom is 0.138 e. The van der Waals surface area contributed by atoms with Crippen LogP contribution in [0.25, 0.3) is 59.4 Å². The summed E-state index contributed by atoms with van der Waals surface area (Å²) in [5, 5.41) is 34.8. The van der Waals surface area contributed by atoms with Gasteiger partial charge < -0.3 is 16.0 Å². The molecule has 0 spiro atoms. The Balaban J connectivity index is 0.000000115. The fourth-order valence-corrected chi connectivity index (χ4v) is 11.5. The number of pyridine rings is 2. The lowest BCUT2D eigenvalue weighted by molar-refractivity contribution is 0.795.